The number of carbonyl (C=O) groups is 1. The number of imidazole rings is 1. The number of carbonyl (C=O) groups excluding carboxylic acids is 1. The van der Waals surface area contributed by atoms with Crippen LogP contribution in [0.1, 0.15) is 19.8 Å². The Bertz CT molecular complexity index is 1420. The summed E-state index contributed by atoms with van der Waals surface area (Å²) in [5.41, 5.74) is 4.30. The first-order valence-electron chi connectivity index (χ1n) is 13.3. The van der Waals surface area contributed by atoms with Crippen molar-refractivity contribution in [3.05, 3.63) is 72.9 Å². The first-order chi connectivity index (χ1) is 18.6. The molecule has 6 rings (SSSR count). The van der Waals surface area contributed by atoms with Crippen molar-refractivity contribution in [1.82, 2.24) is 19.3 Å². The average Bonchev–Trinajstić information content (AvgIpc) is 3.62. The quantitative estimate of drug-likeness (QED) is 0.415. The van der Waals surface area contributed by atoms with Crippen molar-refractivity contribution in [2.24, 2.45) is 0 Å². The zero-order valence-corrected chi connectivity index (χ0v) is 21.6. The Morgan fingerprint density at radius 1 is 0.947 bits per heavy atom. The van der Waals surface area contributed by atoms with Crippen LogP contribution in [0.2, 0.25) is 0 Å². The van der Waals surface area contributed by atoms with Crippen molar-refractivity contribution in [2.45, 2.75) is 25.8 Å². The van der Waals surface area contributed by atoms with Gasteiger partial charge in [-0.3, -0.25) is 14.2 Å². The number of fused-ring (bicyclic) bond motifs is 1. The van der Waals surface area contributed by atoms with Crippen LogP contribution in [0.5, 0.6) is 0 Å². The number of hydrogen-bond acceptors (Lipinski definition) is 6. The molecule has 1 amide bonds. The maximum absolute atomic E-state index is 14.2. The molecule has 4 aromatic rings. The Labute approximate surface area is 221 Å². The lowest BCUT2D eigenvalue weighted by Crippen LogP contribution is -2.52. The van der Waals surface area contributed by atoms with E-state index in [-0.39, 0.29) is 11.7 Å². The highest BCUT2D eigenvalue weighted by atomic mass is 19.1. The summed E-state index contributed by atoms with van der Waals surface area (Å²) in [6.45, 7) is 6.35. The minimum Gasteiger partial charge on any atom is -0.372 e. The average molecular weight is 514 g/mol. The molecule has 2 fully saturated rings. The molecule has 1 atom stereocenters. The van der Waals surface area contributed by atoms with Crippen LogP contribution in [0.15, 0.2) is 67.1 Å². The van der Waals surface area contributed by atoms with E-state index in [0.29, 0.717) is 37.5 Å². The normalized spacial score (nSPS) is 16.7. The fourth-order valence-electron chi connectivity index (χ4n) is 5.47. The van der Waals surface area contributed by atoms with E-state index < -0.39 is 6.04 Å². The van der Waals surface area contributed by atoms with Gasteiger partial charge in [-0.1, -0.05) is 24.3 Å². The van der Waals surface area contributed by atoms with Crippen molar-refractivity contribution in [2.75, 3.05) is 54.4 Å². The van der Waals surface area contributed by atoms with Gasteiger partial charge in [0.2, 0.25) is 5.91 Å². The molecule has 2 aliphatic heterocycles. The highest BCUT2D eigenvalue weighted by Crippen LogP contribution is 2.31. The third-order valence-electron chi connectivity index (χ3n) is 7.55. The van der Waals surface area contributed by atoms with Crippen molar-refractivity contribution in [1.29, 1.82) is 0 Å². The van der Waals surface area contributed by atoms with Crippen LogP contribution in [-0.2, 0) is 4.79 Å². The fourth-order valence-corrected chi connectivity index (χ4v) is 5.47. The van der Waals surface area contributed by atoms with Crippen LogP contribution in [0, 0.1) is 5.82 Å². The molecule has 0 saturated carbocycles. The minimum atomic E-state index is -0.467. The number of piperazine rings is 1. The molecule has 1 unspecified atom stereocenters. The SMILES string of the molecule is CC(Nc1c(-c2ccc(N3CCCC3)cc2)nc2cnccn12)C(=O)N1CCN(c2ccccc2F)CC1. The number of anilines is 3. The second-order valence-corrected chi connectivity index (χ2v) is 9.98. The predicted octanol–water partition coefficient (Wildman–Crippen LogP) is 4.28. The first-order valence-corrected chi connectivity index (χ1v) is 13.3. The number of aromatic nitrogens is 3. The molecule has 1 N–H and O–H groups in total. The van der Waals surface area contributed by atoms with E-state index in [2.05, 4.69) is 39.5 Å². The number of rotatable bonds is 6. The molecule has 196 valence electrons. The van der Waals surface area contributed by atoms with Crippen molar-refractivity contribution in [3.8, 4) is 11.3 Å². The van der Waals surface area contributed by atoms with E-state index in [0.717, 1.165) is 30.2 Å². The van der Waals surface area contributed by atoms with Gasteiger partial charge in [-0.2, -0.15) is 0 Å². The number of amides is 1. The van der Waals surface area contributed by atoms with E-state index in [1.807, 2.05) is 33.4 Å². The molecule has 4 heterocycles. The van der Waals surface area contributed by atoms with Gasteiger partial charge < -0.3 is 20.0 Å². The van der Waals surface area contributed by atoms with E-state index >= 15 is 0 Å². The number of nitrogens with one attached hydrogen (secondary N) is 1. The Hall–Kier alpha value is -4.14. The molecule has 2 saturated heterocycles. The summed E-state index contributed by atoms with van der Waals surface area (Å²) in [4.78, 5) is 28.8. The zero-order chi connectivity index (χ0) is 26.1. The molecule has 9 heteroatoms. The monoisotopic (exact) mass is 513 g/mol. The smallest absolute Gasteiger partial charge is 0.244 e. The van der Waals surface area contributed by atoms with E-state index in [1.54, 1.807) is 24.5 Å². The van der Waals surface area contributed by atoms with Gasteiger partial charge in [-0.05, 0) is 44.0 Å². The van der Waals surface area contributed by atoms with Gasteiger partial charge >= 0.3 is 0 Å². The molecular formula is C29H32FN7O. The third kappa shape index (κ3) is 4.64. The maximum Gasteiger partial charge on any atom is 0.244 e. The molecule has 0 spiro atoms. The molecule has 2 aliphatic rings. The largest absolute Gasteiger partial charge is 0.372 e. The highest BCUT2D eigenvalue weighted by molar-refractivity contribution is 5.87. The lowest BCUT2D eigenvalue weighted by molar-refractivity contribution is -0.131. The highest BCUT2D eigenvalue weighted by Gasteiger charge is 2.27. The van der Waals surface area contributed by atoms with Crippen molar-refractivity contribution < 1.29 is 9.18 Å². The predicted molar refractivity (Wildman–Crippen MR) is 148 cm³/mol. The topological polar surface area (TPSA) is 69.0 Å². The Morgan fingerprint density at radius 3 is 2.42 bits per heavy atom. The van der Waals surface area contributed by atoms with Crippen LogP contribution >= 0.6 is 0 Å². The standard InChI is InChI=1S/C29H32FN7O/c1-21(29(38)36-18-16-35(17-19-36)25-7-3-2-6-24(25)30)32-28-27(33-26-20-31-12-15-37(26)28)22-8-10-23(11-9-22)34-13-4-5-14-34/h2-3,6-12,15,20-21,32H,4-5,13-14,16-19H2,1H3. The minimum absolute atomic E-state index is 0.0116. The summed E-state index contributed by atoms with van der Waals surface area (Å²) in [5.74, 6) is 0.546. The first kappa shape index (κ1) is 24.2. The molecule has 38 heavy (non-hydrogen) atoms. The summed E-state index contributed by atoms with van der Waals surface area (Å²) in [6.07, 6.45) is 7.77. The van der Waals surface area contributed by atoms with Gasteiger partial charge in [0.1, 0.15) is 23.4 Å². The molecule has 0 bridgehead atoms. The van der Waals surface area contributed by atoms with Crippen molar-refractivity contribution in [3.63, 3.8) is 0 Å². The molecule has 0 aliphatic carbocycles. The van der Waals surface area contributed by atoms with Gasteiger partial charge in [-0.25, -0.2) is 9.37 Å². The number of para-hydroxylation sites is 1. The zero-order valence-electron chi connectivity index (χ0n) is 21.6. The van der Waals surface area contributed by atoms with Crippen LogP contribution in [0.3, 0.4) is 0 Å². The third-order valence-corrected chi connectivity index (χ3v) is 7.55. The number of halogens is 1. The number of nitrogens with zero attached hydrogens (tertiary/aromatic N) is 6. The molecule has 8 nitrogen and oxygen atoms in total. The number of benzene rings is 2. The summed E-state index contributed by atoms with van der Waals surface area (Å²) in [6, 6.07) is 14.8. The molecule has 0 radical (unpaired) electrons. The Morgan fingerprint density at radius 2 is 1.68 bits per heavy atom. The Kier molecular flexibility index (Phi) is 6.57. The van der Waals surface area contributed by atoms with Gasteiger partial charge in [0.25, 0.3) is 0 Å². The van der Waals surface area contributed by atoms with Crippen molar-refractivity contribution >= 4 is 28.7 Å². The van der Waals surface area contributed by atoms with Gasteiger partial charge in [-0.15, -0.1) is 0 Å². The molecule has 2 aromatic heterocycles. The molecule has 2 aromatic carbocycles. The summed E-state index contributed by atoms with van der Waals surface area (Å²) in [7, 11) is 0. The van der Waals surface area contributed by atoms with Crippen LogP contribution in [-0.4, -0.2) is 70.5 Å². The second-order valence-electron chi connectivity index (χ2n) is 9.98. The van der Waals surface area contributed by atoms with Gasteiger partial charge in [0, 0.05) is 62.9 Å². The van der Waals surface area contributed by atoms with E-state index in [4.69, 9.17) is 4.98 Å². The van der Waals surface area contributed by atoms with E-state index in [1.165, 1.54) is 24.6 Å². The van der Waals surface area contributed by atoms with E-state index in [9.17, 15) is 9.18 Å². The Balaban J connectivity index is 1.19. The molecular weight excluding hydrogens is 481 g/mol. The maximum atomic E-state index is 14.2. The number of hydrogen-bond donors (Lipinski definition) is 1. The lowest BCUT2D eigenvalue weighted by atomic mass is 10.1. The summed E-state index contributed by atoms with van der Waals surface area (Å²) < 4.78 is 16.2. The van der Waals surface area contributed by atoms with Gasteiger partial charge in [0.15, 0.2) is 5.65 Å². The van der Waals surface area contributed by atoms with Crippen LogP contribution in [0.25, 0.3) is 16.9 Å². The van der Waals surface area contributed by atoms with Gasteiger partial charge in [0.05, 0.1) is 11.9 Å². The lowest BCUT2D eigenvalue weighted by Gasteiger charge is -2.37. The summed E-state index contributed by atoms with van der Waals surface area (Å²) >= 11 is 0. The second kappa shape index (κ2) is 10.3. The van der Waals surface area contributed by atoms with Crippen LogP contribution in [0.4, 0.5) is 21.6 Å². The summed E-state index contributed by atoms with van der Waals surface area (Å²) in [5, 5.41) is 3.45. The fraction of sp³-hybridized carbons (Fsp3) is 0.345. The van der Waals surface area contributed by atoms with Crippen LogP contribution < -0.4 is 15.1 Å².